The maximum absolute atomic E-state index is 12.3. The Morgan fingerprint density at radius 3 is 3.06 bits per heavy atom. The predicted molar refractivity (Wildman–Crippen MR) is 65.8 cm³/mol. The van der Waals surface area contributed by atoms with Gasteiger partial charge in [0.15, 0.2) is 0 Å². The van der Waals surface area contributed by atoms with Crippen LogP contribution in [0.4, 0.5) is 0 Å². The minimum atomic E-state index is 0.178. The third-order valence-corrected chi connectivity index (χ3v) is 4.09. The van der Waals surface area contributed by atoms with Crippen LogP contribution in [0.3, 0.4) is 0 Å². The molecule has 0 saturated carbocycles. The number of thiazole rings is 1. The van der Waals surface area contributed by atoms with E-state index in [-0.39, 0.29) is 5.91 Å². The lowest BCUT2D eigenvalue weighted by atomic mass is 10.00. The molecule has 1 aromatic rings. The molecule has 3 nitrogen and oxygen atoms in total. The van der Waals surface area contributed by atoms with Gasteiger partial charge < -0.3 is 4.90 Å². The summed E-state index contributed by atoms with van der Waals surface area (Å²) in [6, 6.07) is 0.434. The van der Waals surface area contributed by atoms with Crippen molar-refractivity contribution in [2.45, 2.75) is 45.6 Å². The number of hydrogen-bond acceptors (Lipinski definition) is 3. The van der Waals surface area contributed by atoms with Gasteiger partial charge in [-0.25, -0.2) is 4.98 Å². The number of piperidine rings is 1. The molecular weight excluding hydrogens is 220 g/mol. The molecule has 4 heteroatoms. The number of carbonyl (C=O) groups is 1. The highest BCUT2D eigenvalue weighted by molar-refractivity contribution is 7.13. The lowest BCUT2D eigenvalue weighted by molar-refractivity contribution is 0.0613. The number of likely N-dealkylation sites (tertiary alicyclic amines) is 1. The molecule has 1 unspecified atom stereocenters. The number of rotatable bonds is 2. The quantitative estimate of drug-likeness (QED) is 0.793. The van der Waals surface area contributed by atoms with Gasteiger partial charge in [0.2, 0.25) is 0 Å². The molecule has 1 aliphatic rings. The Labute approximate surface area is 100 Å². The Morgan fingerprint density at radius 2 is 2.44 bits per heavy atom. The average Bonchev–Trinajstić information content (AvgIpc) is 2.75. The van der Waals surface area contributed by atoms with E-state index in [2.05, 4.69) is 11.9 Å². The van der Waals surface area contributed by atoms with Gasteiger partial charge in [-0.1, -0.05) is 6.92 Å². The first kappa shape index (κ1) is 11.6. The summed E-state index contributed by atoms with van der Waals surface area (Å²) < 4.78 is 0. The van der Waals surface area contributed by atoms with E-state index in [9.17, 15) is 4.79 Å². The first-order chi connectivity index (χ1) is 7.72. The lowest BCUT2D eigenvalue weighted by Gasteiger charge is -2.34. The van der Waals surface area contributed by atoms with Crippen LogP contribution in [0.2, 0.25) is 0 Å². The lowest BCUT2D eigenvalue weighted by Crippen LogP contribution is -2.43. The van der Waals surface area contributed by atoms with Crippen molar-refractivity contribution in [3.8, 4) is 0 Å². The third kappa shape index (κ3) is 2.26. The predicted octanol–water partition coefficient (Wildman–Crippen LogP) is 2.86. The van der Waals surface area contributed by atoms with Crippen LogP contribution in [0.1, 0.15) is 47.3 Å². The molecule has 0 bridgehead atoms. The van der Waals surface area contributed by atoms with Crippen molar-refractivity contribution in [1.29, 1.82) is 0 Å². The molecule has 0 aromatic carbocycles. The van der Waals surface area contributed by atoms with Gasteiger partial charge in [-0.3, -0.25) is 4.79 Å². The van der Waals surface area contributed by atoms with Crippen molar-refractivity contribution < 1.29 is 4.79 Å². The van der Waals surface area contributed by atoms with Gasteiger partial charge in [-0.15, -0.1) is 11.3 Å². The molecule has 1 atom stereocenters. The van der Waals surface area contributed by atoms with E-state index < -0.39 is 0 Å². The Balaban J connectivity index is 2.13. The van der Waals surface area contributed by atoms with Gasteiger partial charge in [0.1, 0.15) is 4.88 Å². The Hall–Kier alpha value is -0.900. The van der Waals surface area contributed by atoms with E-state index >= 15 is 0 Å². The van der Waals surface area contributed by atoms with Gasteiger partial charge in [-0.2, -0.15) is 0 Å². The van der Waals surface area contributed by atoms with Crippen LogP contribution >= 0.6 is 11.3 Å². The fraction of sp³-hybridized carbons (Fsp3) is 0.667. The maximum atomic E-state index is 12.3. The molecule has 0 aliphatic carbocycles. The molecular formula is C12H18N2OS. The zero-order valence-corrected chi connectivity index (χ0v) is 10.7. The second kappa shape index (κ2) is 4.95. The topological polar surface area (TPSA) is 33.2 Å². The van der Waals surface area contributed by atoms with E-state index in [4.69, 9.17) is 0 Å². The molecule has 0 N–H and O–H groups in total. The molecule has 88 valence electrons. The van der Waals surface area contributed by atoms with Crippen LogP contribution in [-0.2, 0) is 0 Å². The first-order valence-electron chi connectivity index (χ1n) is 5.95. The van der Waals surface area contributed by atoms with Gasteiger partial charge >= 0.3 is 0 Å². The summed E-state index contributed by atoms with van der Waals surface area (Å²) in [4.78, 5) is 19.3. The summed E-state index contributed by atoms with van der Waals surface area (Å²) in [5, 5.41) is 0.966. The minimum Gasteiger partial charge on any atom is -0.335 e. The maximum Gasteiger partial charge on any atom is 0.265 e. The van der Waals surface area contributed by atoms with E-state index in [1.54, 1.807) is 6.20 Å². The van der Waals surface area contributed by atoms with Crippen molar-refractivity contribution >= 4 is 17.2 Å². The van der Waals surface area contributed by atoms with Crippen LogP contribution in [-0.4, -0.2) is 28.4 Å². The van der Waals surface area contributed by atoms with Crippen LogP contribution in [0.15, 0.2) is 6.20 Å². The second-order valence-corrected chi connectivity index (χ2v) is 5.53. The number of hydrogen-bond donors (Lipinski definition) is 0. The molecule has 1 fully saturated rings. The third-order valence-electron chi connectivity index (χ3n) is 3.19. The second-order valence-electron chi connectivity index (χ2n) is 4.30. The fourth-order valence-electron chi connectivity index (χ4n) is 2.29. The summed E-state index contributed by atoms with van der Waals surface area (Å²) >= 11 is 1.50. The highest BCUT2D eigenvalue weighted by Gasteiger charge is 2.26. The number of aromatic nitrogens is 1. The van der Waals surface area contributed by atoms with Gasteiger partial charge in [0, 0.05) is 12.6 Å². The number of amides is 1. The number of aryl methyl sites for hydroxylation is 1. The van der Waals surface area contributed by atoms with E-state index in [1.165, 1.54) is 17.8 Å². The summed E-state index contributed by atoms with van der Waals surface area (Å²) in [6.07, 6.45) is 6.32. The Bertz CT molecular complexity index is 375. The zero-order chi connectivity index (χ0) is 11.5. The van der Waals surface area contributed by atoms with Crippen molar-refractivity contribution in [2.24, 2.45) is 0 Å². The summed E-state index contributed by atoms with van der Waals surface area (Å²) in [7, 11) is 0. The van der Waals surface area contributed by atoms with E-state index in [1.807, 2.05) is 11.8 Å². The molecule has 2 rings (SSSR count). The molecule has 1 aromatic heterocycles. The van der Waals surface area contributed by atoms with Crippen LogP contribution in [0.5, 0.6) is 0 Å². The van der Waals surface area contributed by atoms with E-state index in [0.717, 1.165) is 35.7 Å². The summed E-state index contributed by atoms with van der Waals surface area (Å²) in [5.41, 5.74) is 0. The number of carbonyl (C=O) groups excluding carboxylic acids is 1. The summed E-state index contributed by atoms with van der Waals surface area (Å²) in [6.45, 7) is 5.01. The molecule has 0 spiro atoms. The van der Waals surface area contributed by atoms with Gasteiger partial charge in [0.25, 0.3) is 5.91 Å². The highest BCUT2D eigenvalue weighted by atomic mass is 32.1. The van der Waals surface area contributed by atoms with Crippen molar-refractivity contribution in [1.82, 2.24) is 9.88 Å². The molecule has 1 amide bonds. The zero-order valence-electron chi connectivity index (χ0n) is 9.90. The largest absolute Gasteiger partial charge is 0.335 e. The normalized spacial score (nSPS) is 21.1. The monoisotopic (exact) mass is 238 g/mol. The van der Waals surface area contributed by atoms with Gasteiger partial charge in [-0.05, 0) is 32.6 Å². The van der Waals surface area contributed by atoms with Gasteiger partial charge in [0.05, 0.1) is 11.2 Å². The van der Waals surface area contributed by atoms with Crippen molar-refractivity contribution in [2.75, 3.05) is 6.54 Å². The van der Waals surface area contributed by atoms with Crippen LogP contribution in [0.25, 0.3) is 0 Å². The summed E-state index contributed by atoms with van der Waals surface area (Å²) in [5.74, 6) is 0.178. The highest BCUT2D eigenvalue weighted by Crippen LogP contribution is 2.23. The molecule has 1 aliphatic heterocycles. The van der Waals surface area contributed by atoms with Crippen molar-refractivity contribution in [3.05, 3.63) is 16.1 Å². The molecule has 16 heavy (non-hydrogen) atoms. The molecule has 1 saturated heterocycles. The Morgan fingerprint density at radius 1 is 1.62 bits per heavy atom. The number of nitrogens with zero attached hydrogens (tertiary/aromatic N) is 2. The van der Waals surface area contributed by atoms with Crippen molar-refractivity contribution in [3.63, 3.8) is 0 Å². The molecule has 0 radical (unpaired) electrons. The smallest absolute Gasteiger partial charge is 0.265 e. The van der Waals surface area contributed by atoms with Crippen LogP contribution < -0.4 is 0 Å². The van der Waals surface area contributed by atoms with E-state index in [0.29, 0.717) is 6.04 Å². The Kier molecular flexibility index (Phi) is 3.59. The SMILES string of the molecule is CCC1CCCCN1C(=O)c1cnc(C)s1. The average molecular weight is 238 g/mol. The standard InChI is InChI=1S/C12H18N2OS/c1-3-10-6-4-5-7-14(10)12(15)11-8-13-9(2)16-11/h8,10H,3-7H2,1-2H3. The molecule has 2 heterocycles. The minimum absolute atomic E-state index is 0.178. The first-order valence-corrected chi connectivity index (χ1v) is 6.77. The fourth-order valence-corrected chi connectivity index (χ4v) is 3.03. The van der Waals surface area contributed by atoms with Crippen LogP contribution in [0, 0.1) is 6.92 Å².